The number of carbonyl (C=O) groups excluding carboxylic acids is 1. The molecule has 0 fully saturated rings. The first-order chi connectivity index (χ1) is 7.81. The van der Waals surface area contributed by atoms with Crippen molar-refractivity contribution in [3.05, 3.63) is 34.4 Å². The first-order valence-electron chi connectivity index (χ1n) is 4.52. The first-order valence-corrected chi connectivity index (χ1v) is 5.05. The molecule has 1 rings (SSSR count). The van der Waals surface area contributed by atoms with E-state index >= 15 is 0 Å². The van der Waals surface area contributed by atoms with Crippen LogP contribution in [0.1, 0.15) is 27.0 Å². The molecule has 0 saturated heterocycles. The van der Waals surface area contributed by atoms with Gasteiger partial charge in [-0.1, -0.05) is 0 Å². The lowest BCUT2D eigenvalue weighted by Crippen LogP contribution is -2.11. The van der Waals surface area contributed by atoms with Crippen molar-refractivity contribution in [1.82, 2.24) is 0 Å². The Kier molecular flexibility index (Phi) is 3.79. The third-order valence-electron chi connectivity index (χ3n) is 2.18. The molecule has 0 aliphatic heterocycles. The van der Waals surface area contributed by atoms with Crippen molar-refractivity contribution in [3.63, 3.8) is 0 Å². The van der Waals surface area contributed by atoms with Gasteiger partial charge >= 0.3 is 6.18 Å². The molecule has 0 N–H and O–H groups in total. The van der Waals surface area contributed by atoms with Crippen LogP contribution >= 0.6 is 11.6 Å². The number of nitriles is 1. The molecule has 1 aromatic carbocycles. The monoisotopic (exact) mass is 261 g/mol. The molecule has 0 bridgehead atoms. The maximum atomic E-state index is 12.5. The van der Waals surface area contributed by atoms with E-state index in [1.54, 1.807) is 6.07 Å². The summed E-state index contributed by atoms with van der Waals surface area (Å²) < 4.78 is 37.4. The van der Waals surface area contributed by atoms with Gasteiger partial charge in [-0.3, -0.25) is 4.79 Å². The van der Waals surface area contributed by atoms with Gasteiger partial charge in [-0.05, 0) is 24.6 Å². The minimum Gasteiger partial charge on any atom is -0.293 e. The minimum atomic E-state index is -4.54. The van der Waals surface area contributed by atoms with Crippen LogP contribution in [0.25, 0.3) is 0 Å². The molecule has 90 valence electrons. The summed E-state index contributed by atoms with van der Waals surface area (Å²) >= 11 is 5.34. The van der Waals surface area contributed by atoms with Crippen LogP contribution in [-0.2, 0) is 6.18 Å². The molecule has 17 heavy (non-hydrogen) atoms. The maximum absolute atomic E-state index is 12.5. The summed E-state index contributed by atoms with van der Waals surface area (Å²) in [7, 11) is 0. The summed E-state index contributed by atoms with van der Waals surface area (Å²) in [4.78, 5) is 11.4. The molecule has 6 heteroatoms. The van der Waals surface area contributed by atoms with Gasteiger partial charge in [0.2, 0.25) is 0 Å². The molecule has 0 spiro atoms. The van der Waals surface area contributed by atoms with E-state index in [-0.39, 0.29) is 22.6 Å². The Hall–Kier alpha value is -1.54. The Morgan fingerprint density at radius 1 is 1.47 bits per heavy atom. The van der Waals surface area contributed by atoms with Crippen LogP contribution in [0.5, 0.6) is 0 Å². The molecular weight excluding hydrogens is 255 g/mol. The highest BCUT2D eigenvalue weighted by Crippen LogP contribution is 2.32. The van der Waals surface area contributed by atoms with Gasteiger partial charge in [0.25, 0.3) is 0 Å². The molecule has 2 nitrogen and oxygen atoms in total. The third kappa shape index (κ3) is 2.77. The standard InChI is InChI=1S/C11H7ClF3NO/c1-6-2-8(11(13,14)15)3-7(5-16)10(6)9(17)4-12/h2-3H,4H2,1H3. The van der Waals surface area contributed by atoms with Crippen molar-refractivity contribution in [2.24, 2.45) is 0 Å². The average Bonchev–Trinajstić information content (AvgIpc) is 2.25. The molecule has 0 amide bonds. The molecule has 0 atom stereocenters. The summed E-state index contributed by atoms with van der Waals surface area (Å²) in [6.07, 6.45) is -4.54. The number of ketones is 1. The quantitative estimate of drug-likeness (QED) is 0.605. The number of benzene rings is 1. The van der Waals surface area contributed by atoms with Gasteiger partial charge in [-0.2, -0.15) is 18.4 Å². The predicted octanol–water partition coefficient (Wildman–Crippen LogP) is 3.31. The fraction of sp³-hybridized carbons (Fsp3) is 0.273. The van der Waals surface area contributed by atoms with Crippen molar-refractivity contribution >= 4 is 17.4 Å². The number of carbonyl (C=O) groups is 1. The fourth-order valence-corrected chi connectivity index (χ4v) is 1.61. The van der Waals surface area contributed by atoms with Gasteiger partial charge in [-0.15, -0.1) is 11.6 Å². The summed E-state index contributed by atoms with van der Waals surface area (Å²) in [5.74, 6) is -0.935. The zero-order valence-corrected chi connectivity index (χ0v) is 9.49. The second-order valence-electron chi connectivity index (χ2n) is 3.38. The fourth-order valence-electron chi connectivity index (χ4n) is 1.48. The van der Waals surface area contributed by atoms with Gasteiger partial charge in [0.1, 0.15) is 0 Å². The van der Waals surface area contributed by atoms with Gasteiger partial charge in [0.15, 0.2) is 5.78 Å². The lowest BCUT2D eigenvalue weighted by molar-refractivity contribution is -0.137. The zero-order chi connectivity index (χ0) is 13.2. The smallest absolute Gasteiger partial charge is 0.293 e. The van der Waals surface area contributed by atoms with Gasteiger partial charge in [0.05, 0.1) is 23.1 Å². The highest BCUT2D eigenvalue weighted by atomic mass is 35.5. The second-order valence-corrected chi connectivity index (χ2v) is 3.65. The zero-order valence-electron chi connectivity index (χ0n) is 8.73. The van der Waals surface area contributed by atoms with Gasteiger partial charge < -0.3 is 0 Å². The van der Waals surface area contributed by atoms with E-state index in [2.05, 4.69) is 0 Å². The molecule has 0 aromatic heterocycles. The van der Waals surface area contributed by atoms with E-state index in [9.17, 15) is 18.0 Å². The maximum Gasteiger partial charge on any atom is 0.416 e. The van der Waals surface area contributed by atoms with Crippen LogP contribution in [0.2, 0.25) is 0 Å². The van der Waals surface area contributed by atoms with Crippen molar-refractivity contribution in [3.8, 4) is 6.07 Å². The lowest BCUT2D eigenvalue weighted by Gasteiger charge is -2.11. The van der Waals surface area contributed by atoms with Crippen LogP contribution in [0.4, 0.5) is 13.2 Å². The molecule has 0 saturated carbocycles. The van der Waals surface area contributed by atoms with Crippen molar-refractivity contribution in [2.75, 3.05) is 5.88 Å². The molecule has 0 unspecified atom stereocenters. The molecule has 0 aliphatic rings. The number of aryl methyl sites for hydroxylation is 1. The second kappa shape index (κ2) is 4.76. The van der Waals surface area contributed by atoms with Crippen LogP contribution in [0.3, 0.4) is 0 Å². The Bertz CT molecular complexity index is 503. The average molecular weight is 262 g/mol. The number of Topliss-reactive ketones (excluding diaryl/α,β-unsaturated/α-hetero) is 1. The highest BCUT2D eigenvalue weighted by molar-refractivity contribution is 6.31. The number of nitrogens with zero attached hydrogens (tertiary/aromatic N) is 1. The largest absolute Gasteiger partial charge is 0.416 e. The highest BCUT2D eigenvalue weighted by Gasteiger charge is 2.32. The lowest BCUT2D eigenvalue weighted by atomic mass is 9.96. The number of alkyl halides is 4. The van der Waals surface area contributed by atoms with Crippen LogP contribution in [0, 0.1) is 18.3 Å². The number of halogens is 4. The number of hydrogen-bond acceptors (Lipinski definition) is 2. The van der Waals surface area contributed by atoms with E-state index in [4.69, 9.17) is 16.9 Å². The molecule has 1 aromatic rings. The van der Waals surface area contributed by atoms with E-state index < -0.39 is 17.5 Å². The SMILES string of the molecule is Cc1cc(C(F)(F)F)cc(C#N)c1C(=O)CCl. The van der Waals surface area contributed by atoms with Crippen LogP contribution in [0.15, 0.2) is 12.1 Å². The van der Waals surface area contributed by atoms with Crippen LogP contribution in [-0.4, -0.2) is 11.7 Å². The normalized spacial score (nSPS) is 11.1. The van der Waals surface area contributed by atoms with Crippen molar-refractivity contribution in [2.45, 2.75) is 13.1 Å². The Morgan fingerprint density at radius 2 is 2.06 bits per heavy atom. The summed E-state index contributed by atoms with van der Waals surface area (Å²) in [5.41, 5.74) is -1.20. The van der Waals surface area contributed by atoms with Gasteiger partial charge in [0, 0.05) is 5.56 Å². The third-order valence-corrected chi connectivity index (χ3v) is 2.43. The van der Waals surface area contributed by atoms with Crippen molar-refractivity contribution < 1.29 is 18.0 Å². The van der Waals surface area contributed by atoms with Gasteiger partial charge in [-0.25, -0.2) is 0 Å². The van der Waals surface area contributed by atoms with Crippen molar-refractivity contribution in [1.29, 1.82) is 5.26 Å². The van der Waals surface area contributed by atoms with E-state index in [1.807, 2.05) is 0 Å². The van der Waals surface area contributed by atoms with Crippen LogP contribution < -0.4 is 0 Å². The first kappa shape index (κ1) is 13.5. The number of hydrogen-bond donors (Lipinski definition) is 0. The number of rotatable bonds is 2. The Labute approximate surface area is 101 Å². The molecule has 0 aliphatic carbocycles. The van der Waals surface area contributed by atoms with E-state index in [1.165, 1.54) is 6.92 Å². The Morgan fingerprint density at radius 3 is 2.47 bits per heavy atom. The molecular formula is C11H7ClF3NO. The molecule has 0 heterocycles. The van der Waals surface area contributed by atoms with E-state index in [0.717, 1.165) is 6.07 Å². The van der Waals surface area contributed by atoms with E-state index in [0.29, 0.717) is 6.07 Å². The summed E-state index contributed by atoms with van der Waals surface area (Å²) in [6.45, 7) is 1.34. The Balaban J connectivity index is 3.48. The predicted molar refractivity (Wildman–Crippen MR) is 55.9 cm³/mol. The topological polar surface area (TPSA) is 40.9 Å². The molecule has 0 radical (unpaired) electrons. The summed E-state index contributed by atoms with van der Waals surface area (Å²) in [6, 6.07) is 3.08. The summed E-state index contributed by atoms with van der Waals surface area (Å²) in [5, 5.41) is 8.76. The minimum absolute atomic E-state index is 0.0458.